The van der Waals surface area contributed by atoms with Crippen LogP contribution in [0.1, 0.15) is 66.2 Å². The van der Waals surface area contributed by atoms with E-state index in [1.54, 1.807) is 0 Å². The maximum Gasteiger partial charge on any atom is 0.221 e. The summed E-state index contributed by atoms with van der Waals surface area (Å²) in [7, 11) is 0. The maximum atomic E-state index is 12.2. The molecule has 0 aliphatic heterocycles. The third-order valence-corrected chi connectivity index (χ3v) is 4.47. The lowest BCUT2D eigenvalue weighted by Crippen LogP contribution is -2.58. The third kappa shape index (κ3) is 4.75. The Hall–Kier alpha value is -0.640. The summed E-state index contributed by atoms with van der Waals surface area (Å²) >= 11 is 5.23. The second-order valence-electron chi connectivity index (χ2n) is 7.08. The van der Waals surface area contributed by atoms with Crippen molar-refractivity contribution in [1.29, 1.82) is 0 Å². The van der Waals surface area contributed by atoms with Crippen LogP contribution in [-0.2, 0) is 4.79 Å². The average molecular weight is 284 g/mol. The molecule has 0 saturated heterocycles. The van der Waals surface area contributed by atoms with E-state index < -0.39 is 5.54 Å². The largest absolute Gasteiger partial charge is 0.391 e. The van der Waals surface area contributed by atoms with Gasteiger partial charge in [0.25, 0.3) is 0 Å². The van der Waals surface area contributed by atoms with Crippen LogP contribution in [0.2, 0.25) is 0 Å². The first kappa shape index (κ1) is 16.4. The van der Waals surface area contributed by atoms with Gasteiger partial charge in [-0.2, -0.15) is 0 Å². The fourth-order valence-corrected chi connectivity index (χ4v) is 3.06. The van der Waals surface area contributed by atoms with E-state index in [-0.39, 0.29) is 11.3 Å². The molecule has 1 fully saturated rings. The summed E-state index contributed by atoms with van der Waals surface area (Å²) in [4.78, 5) is 12.6. The van der Waals surface area contributed by atoms with Crippen molar-refractivity contribution in [2.45, 2.75) is 71.8 Å². The van der Waals surface area contributed by atoms with E-state index in [0.717, 1.165) is 31.6 Å². The second-order valence-corrected chi connectivity index (χ2v) is 7.52. The molecule has 0 unspecified atom stereocenters. The van der Waals surface area contributed by atoms with Crippen LogP contribution in [0, 0.1) is 11.3 Å². The predicted octanol–water partition coefficient (Wildman–Crippen LogP) is 3.16. The Morgan fingerprint density at radius 3 is 2.26 bits per heavy atom. The summed E-state index contributed by atoms with van der Waals surface area (Å²) in [5, 5.41) is 3.13. The summed E-state index contributed by atoms with van der Waals surface area (Å²) in [6, 6.07) is 0. The third-order valence-electron chi connectivity index (χ3n) is 4.08. The maximum absolute atomic E-state index is 12.2. The fourth-order valence-electron chi connectivity index (χ4n) is 2.80. The van der Waals surface area contributed by atoms with Gasteiger partial charge in [0.1, 0.15) is 0 Å². The van der Waals surface area contributed by atoms with Crippen LogP contribution in [-0.4, -0.2) is 16.4 Å². The molecule has 19 heavy (non-hydrogen) atoms. The van der Waals surface area contributed by atoms with E-state index in [0.29, 0.717) is 11.4 Å². The Kier molecular flexibility index (Phi) is 5.36. The normalized spacial score (nSPS) is 27.9. The van der Waals surface area contributed by atoms with Gasteiger partial charge < -0.3 is 11.1 Å². The molecule has 1 saturated carbocycles. The molecule has 0 aromatic carbocycles. The van der Waals surface area contributed by atoms with Gasteiger partial charge in [-0.1, -0.05) is 46.3 Å². The number of carbonyl (C=O) groups excluding carboxylic acids is 1. The molecular formula is C15H28N2OS. The first-order valence-electron chi connectivity index (χ1n) is 7.29. The van der Waals surface area contributed by atoms with E-state index in [1.165, 1.54) is 6.42 Å². The molecule has 0 bridgehead atoms. The van der Waals surface area contributed by atoms with Crippen molar-refractivity contribution in [3.8, 4) is 0 Å². The first-order chi connectivity index (χ1) is 8.68. The Morgan fingerprint density at radius 1 is 1.37 bits per heavy atom. The van der Waals surface area contributed by atoms with Crippen LogP contribution in [0.4, 0.5) is 0 Å². The quantitative estimate of drug-likeness (QED) is 0.780. The lowest BCUT2D eigenvalue weighted by molar-refractivity contribution is -0.124. The van der Waals surface area contributed by atoms with Crippen molar-refractivity contribution in [1.82, 2.24) is 5.32 Å². The molecule has 1 aliphatic rings. The van der Waals surface area contributed by atoms with E-state index in [4.69, 9.17) is 18.0 Å². The van der Waals surface area contributed by atoms with Gasteiger partial charge in [0.15, 0.2) is 0 Å². The molecule has 3 N–H and O–H groups in total. The Balaban J connectivity index is 2.69. The highest BCUT2D eigenvalue weighted by Gasteiger charge is 2.39. The van der Waals surface area contributed by atoms with Crippen molar-refractivity contribution in [2.75, 3.05) is 0 Å². The highest BCUT2D eigenvalue weighted by Crippen LogP contribution is 2.34. The number of nitrogens with one attached hydrogen (secondary N) is 1. The summed E-state index contributed by atoms with van der Waals surface area (Å²) in [6.07, 6.45) is 5.68. The second kappa shape index (κ2) is 6.21. The van der Waals surface area contributed by atoms with Gasteiger partial charge in [0, 0.05) is 6.42 Å². The lowest BCUT2D eigenvalue weighted by atomic mass is 9.75. The van der Waals surface area contributed by atoms with Crippen molar-refractivity contribution in [3.63, 3.8) is 0 Å². The van der Waals surface area contributed by atoms with E-state index in [1.807, 2.05) is 0 Å². The Morgan fingerprint density at radius 2 is 1.89 bits per heavy atom. The highest BCUT2D eigenvalue weighted by molar-refractivity contribution is 7.80. The zero-order valence-electron chi connectivity index (χ0n) is 12.7. The summed E-state index contributed by atoms with van der Waals surface area (Å²) in [5.41, 5.74) is 5.46. The lowest BCUT2D eigenvalue weighted by Gasteiger charge is -2.40. The Labute approximate surface area is 122 Å². The van der Waals surface area contributed by atoms with Gasteiger partial charge in [0.05, 0.1) is 10.5 Å². The molecule has 0 aromatic heterocycles. The zero-order chi connectivity index (χ0) is 14.7. The van der Waals surface area contributed by atoms with Gasteiger partial charge in [-0.25, -0.2) is 0 Å². The van der Waals surface area contributed by atoms with Gasteiger partial charge in [-0.05, 0) is 37.0 Å². The predicted molar refractivity (Wildman–Crippen MR) is 84.0 cm³/mol. The number of hydrogen-bond donors (Lipinski definition) is 2. The van der Waals surface area contributed by atoms with Crippen molar-refractivity contribution >= 4 is 23.1 Å². The summed E-state index contributed by atoms with van der Waals surface area (Å²) in [5.74, 6) is 0.817. The van der Waals surface area contributed by atoms with Gasteiger partial charge in [-0.3, -0.25) is 4.79 Å². The smallest absolute Gasteiger partial charge is 0.221 e. The molecular weight excluding hydrogens is 256 g/mol. The number of thiocarbonyl (C=S) groups is 1. The van der Waals surface area contributed by atoms with E-state index >= 15 is 0 Å². The van der Waals surface area contributed by atoms with Gasteiger partial charge in [0.2, 0.25) is 5.91 Å². The first-order valence-corrected chi connectivity index (χ1v) is 7.70. The fraction of sp³-hybridized carbons (Fsp3) is 0.867. The van der Waals surface area contributed by atoms with Crippen LogP contribution < -0.4 is 11.1 Å². The van der Waals surface area contributed by atoms with E-state index in [2.05, 4.69) is 33.0 Å². The molecule has 1 rings (SSSR count). The number of hydrogen-bond acceptors (Lipinski definition) is 2. The van der Waals surface area contributed by atoms with Crippen molar-refractivity contribution < 1.29 is 4.79 Å². The number of rotatable bonds is 4. The molecule has 1 amide bonds. The molecule has 0 radical (unpaired) electrons. The van der Waals surface area contributed by atoms with Crippen molar-refractivity contribution in [2.24, 2.45) is 17.1 Å². The van der Waals surface area contributed by atoms with Crippen LogP contribution in [0.25, 0.3) is 0 Å². The molecule has 1 aliphatic carbocycles. The minimum absolute atomic E-state index is 0.0118. The topological polar surface area (TPSA) is 55.1 Å². The monoisotopic (exact) mass is 284 g/mol. The molecule has 3 nitrogen and oxygen atoms in total. The van der Waals surface area contributed by atoms with Crippen LogP contribution in [0.5, 0.6) is 0 Å². The molecule has 0 aromatic rings. The molecule has 110 valence electrons. The zero-order valence-corrected chi connectivity index (χ0v) is 13.5. The van der Waals surface area contributed by atoms with Crippen LogP contribution in [0.3, 0.4) is 0 Å². The van der Waals surface area contributed by atoms with E-state index in [9.17, 15) is 4.79 Å². The minimum atomic E-state index is -0.441. The van der Waals surface area contributed by atoms with Crippen LogP contribution in [0.15, 0.2) is 0 Å². The minimum Gasteiger partial charge on any atom is -0.391 e. The summed E-state index contributed by atoms with van der Waals surface area (Å²) < 4.78 is 0. The summed E-state index contributed by atoms with van der Waals surface area (Å²) in [6.45, 7) is 8.41. The molecule has 0 spiro atoms. The standard InChI is InChI=1S/C15H28N2OS/c1-5-11-6-8-15(9-7-11,13(16)19)17-12(18)10-14(2,3)4/h11H,5-10H2,1-4H3,(H2,16,19)(H,17,18). The SMILES string of the molecule is CCC1CCC(NC(=O)CC(C)(C)C)(C(N)=S)CC1. The van der Waals surface area contributed by atoms with Gasteiger partial charge >= 0.3 is 0 Å². The Bertz CT molecular complexity index is 339. The molecule has 0 atom stereocenters. The van der Waals surface area contributed by atoms with Gasteiger partial charge in [-0.15, -0.1) is 0 Å². The number of carbonyl (C=O) groups is 1. The average Bonchev–Trinajstić information content (AvgIpc) is 2.27. The highest BCUT2D eigenvalue weighted by atomic mass is 32.1. The van der Waals surface area contributed by atoms with Crippen LogP contribution >= 0.6 is 12.2 Å². The van der Waals surface area contributed by atoms with Crippen molar-refractivity contribution in [3.05, 3.63) is 0 Å². The number of amides is 1. The molecule has 0 heterocycles. The molecule has 4 heteroatoms. The number of nitrogens with two attached hydrogens (primary N) is 1.